The third-order valence-corrected chi connectivity index (χ3v) is 2.73. The summed E-state index contributed by atoms with van der Waals surface area (Å²) in [5, 5.41) is 9.53. The molecule has 0 unspecified atom stereocenters. The SMILES string of the molecule is NC[C@@H](O)c1ccc(F)c(OCC2CC2)c1. The lowest BCUT2D eigenvalue weighted by Crippen LogP contribution is -2.12. The molecule has 1 aromatic rings. The van der Waals surface area contributed by atoms with Gasteiger partial charge in [-0.2, -0.15) is 0 Å². The second kappa shape index (κ2) is 4.80. The molecular formula is C12H16FNO2. The molecule has 0 amide bonds. The maximum Gasteiger partial charge on any atom is 0.165 e. The van der Waals surface area contributed by atoms with Crippen LogP contribution in [0.5, 0.6) is 5.75 Å². The molecular weight excluding hydrogens is 209 g/mol. The lowest BCUT2D eigenvalue weighted by atomic mass is 10.1. The van der Waals surface area contributed by atoms with E-state index in [9.17, 15) is 9.50 Å². The van der Waals surface area contributed by atoms with E-state index in [0.29, 0.717) is 18.1 Å². The molecule has 0 heterocycles. The first-order valence-electron chi connectivity index (χ1n) is 5.51. The largest absolute Gasteiger partial charge is 0.490 e. The molecule has 2 rings (SSSR count). The van der Waals surface area contributed by atoms with Gasteiger partial charge in [0.15, 0.2) is 11.6 Å². The summed E-state index contributed by atoms with van der Waals surface area (Å²) in [4.78, 5) is 0. The van der Waals surface area contributed by atoms with E-state index in [1.165, 1.54) is 18.2 Å². The number of ether oxygens (including phenoxy) is 1. The van der Waals surface area contributed by atoms with E-state index in [1.807, 2.05) is 0 Å². The number of nitrogens with two attached hydrogens (primary N) is 1. The predicted octanol–water partition coefficient (Wildman–Crippen LogP) is 1.61. The van der Waals surface area contributed by atoms with Crippen LogP contribution in [0, 0.1) is 11.7 Å². The number of aliphatic hydroxyl groups is 1. The molecule has 1 fully saturated rings. The third-order valence-electron chi connectivity index (χ3n) is 2.73. The average Bonchev–Trinajstić information content (AvgIpc) is 3.11. The second-order valence-electron chi connectivity index (χ2n) is 4.20. The zero-order valence-corrected chi connectivity index (χ0v) is 9.03. The highest BCUT2D eigenvalue weighted by Crippen LogP contribution is 2.30. The van der Waals surface area contributed by atoms with Crippen molar-refractivity contribution in [1.82, 2.24) is 0 Å². The van der Waals surface area contributed by atoms with Gasteiger partial charge in [0.25, 0.3) is 0 Å². The van der Waals surface area contributed by atoms with Crippen LogP contribution < -0.4 is 10.5 Å². The Bertz CT molecular complexity index is 366. The van der Waals surface area contributed by atoms with Crippen LogP contribution in [0.1, 0.15) is 24.5 Å². The molecule has 1 aliphatic carbocycles. The number of benzene rings is 1. The van der Waals surface area contributed by atoms with E-state index in [0.717, 1.165) is 12.8 Å². The molecule has 0 saturated heterocycles. The molecule has 88 valence electrons. The van der Waals surface area contributed by atoms with Crippen LogP contribution in [-0.2, 0) is 0 Å². The zero-order chi connectivity index (χ0) is 11.5. The van der Waals surface area contributed by atoms with Crippen molar-refractivity contribution >= 4 is 0 Å². The monoisotopic (exact) mass is 225 g/mol. The Morgan fingerprint density at radius 1 is 1.50 bits per heavy atom. The predicted molar refractivity (Wildman–Crippen MR) is 58.6 cm³/mol. The van der Waals surface area contributed by atoms with E-state index in [4.69, 9.17) is 10.5 Å². The van der Waals surface area contributed by atoms with Crippen LogP contribution in [0.15, 0.2) is 18.2 Å². The Morgan fingerprint density at radius 2 is 2.25 bits per heavy atom. The van der Waals surface area contributed by atoms with Crippen LogP contribution in [0.4, 0.5) is 4.39 Å². The van der Waals surface area contributed by atoms with Gasteiger partial charge in [0, 0.05) is 6.54 Å². The van der Waals surface area contributed by atoms with Gasteiger partial charge in [-0.05, 0) is 36.5 Å². The van der Waals surface area contributed by atoms with Gasteiger partial charge in [-0.3, -0.25) is 0 Å². The fourth-order valence-corrected chi connectivity index (χ4v) is 1.47. The minimum atomic E-state index is -0.760. The van der Waals surface area contributed by atoms with Crippen LogP contribution in [-0.4, -0.2) is 18.3 Å². The maximum absolute atomic E-state index is 13.4. The minimum Gasteiger partial charge on any atom is -0.490 e. The summed E-state index contributed by atoms with van der Waals surface area (Å²) in [5.41, 5.74) is 5.93. The van der Waals surface area contributed by atoms with Crippen molar-refractivity contribution in [1.29, 1.82) is 0 Å². The van der Waals surface area contributed by atoms with Crippen molar-refractivity contribution < 1.29 is 14.2 Å². The highest BCUT2D eigenvalue weighted by molar-refractivity contribution is 5.31. The van der Waals surface area contributed by atoms with E-state index < -0.39 is 11.9 Å². The van der Waals surface area contributed by atoms with Crippen LogP contribution >= 0.6 is 0 Å². The topological polar surface area (TPSA) is 55.5 Å². The molecule has 0 aliphatic heterocycles. The van der Waals surface area contributed by atoms with E-state index >= 15 is 0 Å². The quantitative estimate of drug-likeness (QED) is 0.800. The molecule has 3 nitrogen and oxygen atoms in total. The maximum atomic E-state index is 13.4. The first-order chi connectivity index (χ1) is 7.70. The van der Waals surface area contributed by atoms with Gasteiger partial charge < -0.3 is 15.6 Å². The van der Waals surface area contributed by atoms with Gasteiger partial charge in [-0.25, -0.2) is 4.39 Å². The van der Waals surface area contributed by atoms with Crippen molar-refractivity contribution in [3.63, 3.8) is 0 Å². The third kappa shape index (κ3) is 2.71. The lowest BCUT2D eigenvalue weighted by molar-refractivity contribution is 0.185. The Labute approximate surface area is 94.0 Å². The van der Waals surface area contributed by atoms with Crippen molar-refractivity contribution in [2.24, 2.45) is 11.7 Å². The average molecular weight is 225 g/mol. The molecule has 1 atom stereocenters. The van der Waals surface area contributed by atoms with Crippen molar-refractivity contribution in [3.8, 4) is 5.75 Å². The van der Waals surface area contributed by atoms with Gasteiger partial charge in [0.1, 0.15) is 0 Å². The van der Waals surface area contributed by atoms with Gasteiger partial charge in [-0.15, -0.1) is 0 Å². The normalized spacial score (nSPS) is 17.2. The standard InChI is InChI=1S/C12H16FNO2/c13-10-4-3-9(11(15)6-14)5-12(10)16-7-8-1-2-8/h3-5,8,11,15H,1-2,6-7,14H2/t11-/m1/s1. The van der Waals surface area contributed by atoms with Gasteiger partial charge in [0.05, 0.1) is 12.7 Å². The van der Waals surface area contributed by atoms with Crippen LogP contribution in [0.3, 0.4) is 0 Å². The fourth-order valence-electron chi connectivity index (χ4n) is 1.47. The molecule has 0 radical (unpaired) electrons. The minimum absolute atomic E-state index is 0.119. The Hall–Kier alpha value is -1.13. The number of hydrogen-bond donors (Lipinski definition) is 2. The molecule has 1 aliphatic rings. The highest BCUT2D eigenvalue weighted by Gasteiger charge is 2.22. The number of aliphatic hydroxyl groups excluding tert-OH is 1. The summed E-state index contributed by atoms with van der Waals surface area (Å²) in [6, 6.07) is 4.35. The van der Waals surface area contributed by atoms with E-state index in [-0.39, 0.29) is 12.3 Å². The summed E-state index contributed by atoms with van der Waals surface area (Å²) >= 11 is 0. The Kier molecular flexibility index (Phi) is 3.41. The number of hydrogen-bond acceptors (Lipinski definition) is 3. The Morgan fingerprint density at radius 3 is 2.88 bits per heavy atom. The summed E-state index contributed by atoms with van der Waals surface area (Å²) in [6.45, 7) is 0.673. The summed E-state index contributed by atoms with van der Waals surface area (Å²) in [7, 11) is 0. The van der Waals surface area contributed by atoms with E-state index in [1.54, 1.807) is 0 Å². The number of halogens is 1. The lowest BCUT2D eigenvalue weighted by Gasteiger charge is -2.11. The van der Waals surface area contributed by atoms with Crippen molar-refractivity contribution in [2.75, 3.05) is 13.2 Å². The first-order valence-corrected chi connectivity index (χ1v) is 5.51. The van der Waals surface area contributed by atoms with Crippen LogP contribution in [0.2, 0.25) is 0 Å². The summed E-state index contributed by atoms with van der Waals surface area (Å²) < 4.78 is 18.7. The van der Waals surface area contributed by atoms with E-state index in [2.05, 4.69) is 0 Å². The van der Waals surface area contributed by atoms with Gasteiger partial charge in [-0.1, -0.05) is 6.07 Å². The van der Waals surface area contributed by atoms with Crippen molar-refractivity contribution in [3.05, 3.63) is 29.6 Å². The molecule has 1 saturated carbocycles. The van der Waals surface area contributed by atoms with Crippen molar-refractivity contribution in [2.45, 2.75) is 18.9 Å². The van der Waals surface area contributed by atoms with Crippen LogP contribution in [0.25, 0.3) is 0 Å². The zero-order valence-electron chi connectivity index (χ0n) is 9.03. The molecule has 1 aromatic carbocycles. The smallest absolute Gasteiger partial charge is 0.165 e. The molecule has 3 N–H and O–H groups in total. The molecule has 0 spiro atoms. The highest BCUT2D eigenvalue weighted by atomic mass is 19.1. The summed E-state index contributed by atoms with van der Waals surface area (Å²) in [6.07, 6.45) is 1.56. The fraction of sp³-hybridized carbons (Fsp3) is 0.500. The summed E-state index contributed by atoms with van der Waals surface area (Å²) in [5.74, 6) is 0.382. The second-order valence-corrected chi connectivity index (χ2v) is 4.20. The molecule has 16 heavy (non-hydrogen) atoms. The molecule has 0 bridgehead atoms. The molecule has 4 heteroatoms. The molecule has 0 aromatic heterocycles. The van der Waals surface area contributed by atoms with Gasteiger partial charge >= 0.3 is 0 Å². The Balaban J connectivity index is 2.07. The first kappa shape index (κ1) is 11.4. The van der Waals surface area contributed by atoms with Gasteiger partial charge in [0.2, 0.25) is 0 Å². The number of rotatable bonds is 5.